The zero-order chi connectivity index (χ0) is 46.3. The van der Waals surface area contributed by atoms with Gasteiger partial charge in [-0.2, -0.15) is 18.4 Å². The molecule has 6 aliphatic heterocycles. The molecule has 0 saturated carbocycles. The number of nitrogens with one attached hydrogen (secondary N) is 2. The van der Waals surface area contributed by atoms with E-state index in [1.54, 1.807) is 24.4 Å². The molecule has 1 atom stereocenters. The van der Waals surface area contributed by atoms with E-state index in [0.29, 0.717) is 17.5 Å². The molecule has 0 radical (unpaired) electrons. The summed E-state index contributed by atoms with van der Waals surface area (Å²) in [7, 11) is 0. The maximum atomic E-state index is 15.8. The number of hydrogen-bond acceptors (Lipinski definition) is 13. The van der Waals surface area contributed by atoms with E-state index in [4.69, 9.17) is 5.26 Å². The first-order valence-electron chi connectivity index (χ1n) is 22.7. The Morgan fingerprint density at radius 1 is 0.773 bits per heavy atom. The molecule has 348 valence electrons. The molecule has 9 rings (SSSR count). The van der Waals surface area contributed by atoms with E-state index in [1.165, 1.54) is 11.0 Å². The van der Waals surface area contributed by atoms with Crippen LogP contribution in [0.3, 0.4) is 0 Å². The van der Waals surface area contributed by atoms with E-state index in [-0.39, 0.29) is 55.8 Å². The third-order valence-electron chi connectivity index (χ3n) is 14.3. The number of nitrogens with zero attached hydrogens (tertiary/aromatic N) is 9. The van der Waals surface area contributed by atoms with Crippen LogP contribution in [-0.2, 0) is 20.6 Å². The maximum absolute atomic E-state index is 15.8. The van der Waals surface area contributed by atoms with Crippen molar-refractivity contribution in [2.45, 2.75) is 75.3 Å². The van der Waals surface area contributed by atoms with Gasteiger partial charge in [0, 0.05) is 103 Å². The summed E-state index contributed by atoms with van der Waals surface area (Å²) in [5.41, 5.74) is -1.63. The summed E-state index contributed by atoms with van der Waals surface area (Å²) < 4.78 is 56.2. The van der Waals surface area contributed by atoms with Gasteiger partial charge in [-0.15, -0.1) is 0 Å². The van der Waals surface area contributed by atoms with Crippen LogP contribution in [0.25, 0.3) is 0 Å². The van der Waals surface area contributed by atoms with Crippen molar-refractivity contribution in [1.82, 2.24) is 30.0 Å². The molecule has 0 spiro atoms. The Bertz CT molecular complexity index is 2420. The van der Waals surface area contributed by atoms with E-state index in [2.05, 4.69) is 40.2 Å². The van der Waals surface area contributed by atoms with Crippen molar-refractivity contribution >= 4 is 52.4 Å². The molecule has 5 fully saturated rings. The van der Waals surface area contributed by atoms with E-state index < -0.39 is 58.7 Å². The number of carbonyl (C=O) groups excluding carboxylic acids is 5. The summed E-state index contributed by atoms with van der Waals surface area (Å²) in [4.78, 5) is 83.9. The van der Waals surface area contributed by atoms with Crippen molar-refractivity contribution in [2.24, 2.45) is 5.92 Å². The molecule has 20 heteroatoms. The van der Waals surface area contributed by atoms with Gasteiger partial charge in [0.05, 0.1) is 40.5 Å². The van der Waals surface area contributed by atoms with Crippen molar-refractivity contribution in [3.63, 3.8) is 0 Å². The molecular weight excluding hydrogens is 863 g/mol. The fourth-order valence-corrected chi connectivity index (χ4v) is 10.3. The number of fused-ring (bicyclic) bond motifs is 1. The van der Waals surface area contributed by atoms with Crippen LogP contribution in [0.4, 0.5) is 40.4 Å². The predicted molar refractivity (Wildman–Crippen MR) is 233 cm³/mol. The van der Waals surface area contributed by atoms with Crippen LogP contribution in [0.2, 0.25) is 0 Å². The largest absolute Gasteiger partial charge is 0.419 e. The third-order valence-corrected chi connectivity index (χ3v) is 14.3. The SMILES string of the molecule is N#Cc1ncc(N2CCC(F)(C(=O)Nc3ccc(N4CCC(CN5CCN(C6CCN(c7ccc8c(c7)C(=O)N([C@H]7CCC(=O)NC7=O)C8=O)CC6)CC5)CC4)cn3)CC2)cc1C(F)(F)F. The second kappa shape index (κ2) is 18.2. The van der Waals surface area contributed by atoms with Crippen LogP contribution >= 0.6 is 0 Å². The Hall–Kier alpha value is -6.20. The van der Waals surface area contributed by atoms with Gasteiger partial charge in [-0.3, -0.25) is 39.1 Å². The average Bonchev–Trinajstić information content (AvgIpc) is 3.57. The lowest BCUT2D eigenvalue weighted by Crippen LogP contribution is -2.54. The fourth-order valence-electron chi connectivity index (χ4n) is 10.3. The summed E-state index contributed by atoms with van der Waals surface area (Å²) in [6.45, 7) is 8.46. The number of alkyl halides is 4. The first-order valence-corrected chi connectivity index (χ1v) is 22.7. The average molecular weight is 914 g/mol. The van der Waals surface area contributed by atoms with E-state index in [0.717, 1.165) is 113 Å². The number of benzene rings is 1. The number of imide groups is 2. The number of piperazine rings is 1. The Balaban J connectivity index is 0.682. The summed E-state index contributed by atoms with van der Waals surface area (Å²) in [6.07, 6.45) is 1.83. The van der Waals surface area contributed by atoms with Crippen molar-refractivity contribution in [2.75, 3.05) is 92.0 Å². The minimum atomic E-state index is -4.77. The summed E-state index contributed by atoms with van der Waals surface area (Å²) in [6, 6.07) is 10.6. The molecule has 5 amide bonds. The number of nitriles is 1. The van der Waals surface area contributed by atoms with Crippen LogP contribution < -0.4 is 25.3 Å². The van der Waals surface area contributed by atoms with Crippen LogP contribution in [0.5, 0.6) is 0 Å². The highest BCUT2D eigenvalue weighted by Gasteiger charge is 2.46. The van der Waals surface area contributed by atoms with E-state index in [1.807, 2.05) is 12.1 Å². The lowest BCUT2D eigenvalue weighted by Gasteiger charge is -2.44. The molecule has 0 bridgehead atoms. The number of amides is 5. The normalized spacial score (nSPS) is 22.6. The Morgan fingerprint density at radius 2 is 1.41 bits per heavy atom. The maximum Gasteiger partial charge on any atom is 0.419 e. The molecule has 5 saturated heterocycles. The topological polar surface area (TPSA) is 178 Å². The minimum absolute atomic E-state index is 0.0113. The third kappa shape index (κ3) is 9.14. The second-order valence-electron chi connectivity index (χ2n) is 18.2. The fraction of sp³-hybridized carbons (Fsp3) is 0.522. The Labute approximate surface area is 378 Å². The van der Waals surface area contributed by atoms with Crippen LogP contribution in [0.1, 0.15) is 83.3 Å². The molecule has 0 aliphatic carbocycles. The number of rotatable bonds is 9. The number of carbonyl (C=O) groups is 5. The van der Waals surface area contributed by atoms with Gasteiger partial charge in [0.2, 0.25) is 11.8 Å². The summed E-state index contributed by atoms with van der Waals surface area (Å²) in [5, 5.41) is 13.9. The number of anilines is 4. The number of aromatic nitrogens is 2. The Morgan fingerprint density at radius 3 is 2.06 bits per heavy atom. The Kier molecular flexibility index (Phi) is 12.4. The lowest BCUT2D eigenvalue weighted by atomic mass is 9.92. The van der Waals surface area contributed by atoms with Gasteiger partial charge in [-0.25, -0.2) is 14.4 Å². The van der Waals surface area contributed by atoms with Gasteiger partial charge in [-0.05, 0) is 74.4 Å². The van der Waals surface area contributed by atoms with Crippen molar-refractivity contribution < 1.29 is 41.5 Å². The molecule has 8 heterocycles. The highest BCUT2D eigenvalue weighted by Crippen LogP contribution is 2.37. The molecular formula is C46H51F4N11O5. The highest BCUT2D eigenvalue weighted by molar-refractivity contribution is 6.23. The van der Waals surface area contributed by atoms with Gasteiger partial charge < -0.3 is 24.9 Å². The molecule has 0 unspecified atom stereocenters. The van der Waals surface area contributed by atoms with Gasteiger partial charge in [-0.1, -0.05) is 0 Å². The van der Waals surface area contributed by atoms with Crippen molar-refractivity contribution in [3.8, 4) is 6.07 Å². The lowest BCUT2D eigenvalue weighted by molar-refractivity contribution is -0.138. The molecule has 3 aromatic rings. The second-order valence-corrected chi connectivity index (χ2v) is 18.2. The minimum Gasteiger partial charge on any atom is -0.371 e. The summed E-state index contributed by atoms with van der Waals surface area (Å²) >= 11 is 0. The van der Waals surface area contributed by atoms with Gasteiger partial charge >= 0.3 is 6.18 Å². The molecule has 16 nitrogen and oxygen atoms in total. The molecule has 2 N–H and O–H groups in total. The first-order chi connectivity index (χ1) is 31.7. The van der Waals surface area contributed by atoms with Gasteiger partial charge in [0.1, 0.15) is 17.9 Å². The number of hydrogen-bond donors (Lipinski definition) is 2. The van der Waals surface area contributed by atoms with E-state index in [9.17, 15) is 37.1 Å². The number of pyridine rings is 2. The quantitative estimate of drug-likeness (QED) is 0.231. The summed E-state index contributed by atoms with van der Waals surface area (Å²) in [5.74, 6) is -2.08. The zero-order valence-corrected chi connectivity index (χ0v) is 36.4. The molecule has 2 aromatic heterocycles. The van der Waals surface area contributed by atoms with Crippen LogP contribution in [0.15, 0.2) is 48.8 Å². The van der Waals surface area contributed by atoms with Crippen molar-refractivity contribution in [1.29, 1.82) is 5.26 Å². The van der Waals surface area contributed by atoms with E-state index >= 15 is 4.39 Å². The number of piperidine rings is 4. The van der Waals surface area contributed by atoms with Crippen LogP contribution in [-0.4, -0.2) is 144 Å². The standard InChI is InChI=1S/C46H51F4N11O5/c47-45(11-17-59(18-12-45)33-24-36(46(48,49)50)37(25-51)52-27-33)44(66)54-39-5-2-32(26-53-39)58-13-7-29(8-14-58)28-56-19-21-60(22-20-56)30-9-15-57(16-10-30)31-1-3-34-35(23-31)43(65)61(42(34)64)38-4-6-40(62)55-41(38)63/h1-3,5,23-24,26-27,29-30,38H,4,6-22,28H2,(H,53,54,66)(H,55,62,63)/t38-/m0/s1. The monoisotopic (exact) mass is 913 g/mol. The molecule has 66 heavy (non-hydrogen) atoms. The zero-order valence-electron chi connectivity index (χ0n) is 36.4. The van der Waals surface area contributed by atoms with Gasteiger partial charge in [0.25, 0.3) is 17.7 Å². The molecule has 1 aromatic carbocycles. The van der Waals surface area contributed by atoms with Crippen molar-refractivity contribution in [3.05, 3.63) is 71.2 Å². The number of halogens is 4. The highest BCUT2D eigenvalue weighted by atomic mass is 19.4. The predicted octanol–water partition coefficient (Wildman–Crippen LogP) is 4.22. The first kappa shape index (κ1) is 45.0. The smallest absolute Gasteiger partial charge is 0.371 e. The van der Waals surface area contributed by atoms with Gasteiger partial charge in [0.15, 0.2) is 11.4 Å². The molecule has 6 aliphatic rings. The van der Waals surface area contributed by atoms with Crippen LogP contribution in [0, 0.1) is 17.2 Å².